The summed E-state index contributed by atoms with van der Waals surface area (Å²) in [5.74, 6) is -0.263. The first-order valence-electron chi connectivity index (χ1n) is 7.20. The molecule has 0 bridgehead atoms. The van der Waals surface area contributed by atoms with Crippen molar-refractivity contribution in [3.63, 3.8) is 0 Å². The molecule has 0 spiro atoms. The van der Waals surface area contributed by atoms with Crippen LogP contribution in [0.1, 0.15) is 41.0 Å². The molecular formula is C14H26N2O5. The van der Waals surface area contributed by atoms with Crippen LogP contribution in [0.2, 0.25) is 0 Å². The molecule has 0 radical (unpaired) electrons. The van der Waals surface area contributed by atoms with Crippen molar-refractivity contribution in [2.24, 2.45) is 0 Å². The molecule has 0 aromatic carbocycles. The highest BCUT2D eigenvalue weighted by Gasteiger charge is 2.50. The summed E-state index contributed by atoms with van der Waals surface area (Å²) in [6.45, 7) is 8.49. The van der Waals surface area contributed by atoms with E-state index in [1.807, 2.05) is 6.92 Å². The Bertz CT molecular complexity index is 393. The first kappa shape index (κ1) is 17.7. The lowest BCUT2D eigenvalue weighted by Crippen LogP contribution is -2.50. The van der Waals surface area contributed by atoms with Gasteiger partial charge in [0.15, 0.2) is 0 Å². The van der Waals surface area contributed by atoms with Gasteiger partial charge in [0.25, 0.3) is 0 Å². The lowest BCUT2D eigenvalue weighted by Gasteiger charge is -2.32. The summed E-state index contributed by atoms with van der Waals surface area (Å²) in [5.41, 5.74) is -0.674. The van der Waals surface area contributed by atoms with Gasteiger partial charge < -0.3 is 20.3 Å². The molecule has 0 aromatic rings. The molecule has 1 fully saturated rings. The van der Waals surface area contributed by atoms with E-state index in [4.69, 9.17) is 4.74 Å². The van der Waals surface area contributed by atoms with Crippen LogP contribution < -0.4 is 5.32 Å². The molecule has 1 heterocycles. The van der Waals surface area contributed by atoms with Gasteiger partial charge in [-0.05, 0) is 27.2 Å². The largest absolute Gasteiger partial charge is 0.444 e. The molecule has 1 saturated heterocycles. The Morgan fingerprint density at radius 2 is 1.71 bits per heavy atom. The number of hydrogen-bond acceptors (Lipinski definition) is 5. The first-order valence-corrected chi connectivity index (χ1v) is 7.20. The molecule has 4 atom stereocenters. The third-order valence-electron chi connectivity index (χ3n) is 3.44. The number of carbonyl (C=O) groups excluding carboxylic acids is 2. The maximum absolute atomic E-state index is 12.3. The van der Waals surface area contributed by atoms with Crippen LogP contribution in [-0.2, 0) is 9.53 Å². The maximum Gasteiger partial charge on any atom is 0.411 e. The quantitative estimate of drug-likeness (QED) is 0.693. The van der Waals surface area contributed by atoms with Crippen molar-refractivity contribution in [2.75, 3.05) is 6.54 Å². The number of ether oxygens (including phenoxy) is 1. The van der Waals surface area contributed by atoms with Crippen molar-refractivity contribution < 1.29 is 24.5 Å². The van der Waals surface area contributed by atoms with Gasteiger partial charge in [-0.2, -0.15) is 0 Å². The van der Waals surface area contributed by atoms with Crippen LogP contribution in [0.3, 0.4) is 0 Å². The highest BCUT2D eigenvalue weighted by atomic mass is 16.6. The minimum atomic E-state index is -1.12. The predicted octanol–water partition coefficient (Wildman–Crippen LogP) is 0.242. The van der Waals surface area contributed by atoms with Gasteiger partial charge in [0, 0.05) is 13.5 Å². The van der Waals surface area contributed by atoms with Crippen molar-refractivity contribution in [3.8, 4) is 0 Å². The van der Waals surface area contributed by atoms with Gasteiger partial charge in [-0.3, -0.25) is 9.69 Å². The number of aliphatic hydroxyl groups excluding tert-OH is 2. The van der Waals surface area contributed by atoms with Crippen LogP contribution in [0.15, 0.2) is 0 Å². The minimum Gasteiger partial charge on any atom is -0.444 e. The highest BCUT2D eigenvalue weighted by Crippen LogP contribution is 2.29. The van der Waals surface area contributed by atoms with Crippen LogP contribution in [0.25, 0.3) is 0 Å². The van der Waals surface area contributed by atoms with Crippen LogP contribution in [0.4, 0.5) is 4.79 Å². The number of nitrogens with zero attached hydrogens (tertiary/aromatic N) is 1. The topological polar surface area (TPSA) is 99.1 Å². The van der Waals surface area contributed by atoms with E-state index in [-0.39, 0.29) is 12.5 Å². The molecule has 0 saturated carbocycles. The first-order chi connectivity index (χ1) is 9.58. The summed E-state index contributed by atoms with van der Waals surface area (Å²) in [5, 5.41) is 22.8. The molecule has 0 aliphatic carbocycles. The number of nitrogens with one attached hydrogen (secondary N) is 1. The van der Waals surface area contributed by atoms with E-state index in [1.165, 1.54) is 11.8 Å². The Hall–Kier alpha value is -1.34. The summed E-state index contributed by atoms with van der Waals surface area (Å²) in [6, 6.07) is -1.24. The summed E-state index contributed by atoms with van der Waals surface area (Å²) in [6.07, 6.45) is -2.29. The molecule has 4 unspecified atom stereocenters. The third kappa shape index (κ3) is 4.31. The lowest BCUT2D eigenvalue weighted by atomic mass is 10.1. The summed E-state index contributed by atoms with van der Waals surface area (Å²) in [4.78, 5) is 24.7. The van der Waals surface area contributed by atoms with Crippen molar-refractivity contribution in [3.05, 3.63) is 0 Å². The Balaban J connectivity index is 2.95. The Labute approximate surface area is 125 Å². The molecular weight excluding hydrogens is 276 g/mol. The number of amides is 2. The zero-order valence-electron chi connectivity index (χ0n) is 13.3. The van der Waals surface area contributed by atoms with Crippen LogP contribution in [0.5, 0.6) is 0 Å². The molecule has 3 N–H and O–H groups in total. The van der Waals surface area contributed by atoms with E-state index in [0.717, 1.165) is 0 Å². The summed E-state index contributed by atoms with van der Waals surface area (Å²) in [7, 11) is 0. The fraction of sp³-hybridized carbons (Fsp3) is 0.857. The minimum absolute atomic E-state index is 0.0727. The molecule has 122 valence electrons. The zero-order valence-corrected chi connectivity index (χ0v) is 13.3. The monoisotopic (exact) mass is 302 g/mol. The summed E-state index contributed by atoms with van der Waals surface area (Å²) >= 11 is 0. The van der Waals surface area contributed by atoms with Gasteiger partial charge in [0.1, 0.15) is 17.8 Å². The van der Waals surface area contributed by atoms with Crippen LogP contribution in [0, 0.1) is 0 Å². The standard InChI is InChI=1S/C14H26N2O5/c1-6-9-11(18)12(19)10(7-15-8(2)17)16(9)13(20)21-14(3,4)5/h9-12,18-19H,6-7H2,1-5H3,(H,15,17). The number of aliphatic hydroxyl groups is 2. The highest BCUT2D eigenvalue weighted by molar-refractivity contribution is 5.73. The second kappa shape index (κ2) is 6.62. The average molecular weight is 302 g/mol. The smallest absolute Gasteiger partial charge is 0.411 e. The van der Waals surface area contributed by atoms with E-state index in [0.29, 0.717) is 6.42 Å². The number of carbonyl (C=O) groups is 2. The van der Waals surface area contributed by atoms with Crippen molar-refractivity contribution in [1.29, 1.82) is 0 Å². The van der Waals surface area contributed by atoms with Crippen LogP contribution in [-0.4, -0.2) is 63.6 Å². The second-order valence-corrected chi connectivity index (χ2v) is 6.35. The van der Waals surface area contributed by atoms with Gasteiger partial charge in [0.05, 0.1) is 12.1 Å². The molecule has 7 heteroatoms. The van der Waals surface area contributed by atoms with Gasteiger partial charge in [-0.15, -0.1) is 0 Å². The third-order valence-corrected chi connectivity index (χ3v) is 3.44. The number of hydrogen-bond donors (Lipinski definition) is 3. The molecule has 0 aromatic heterocycles. The Kier molecular flexibility index (Phi) is 5.58. The predicted molar refractivity (Wildman–Crippen MR) is 76.6 cm³/mol. The van der Waals surface area contributed by atoms with E-state index in [1.54, 1.807) is 20.8 Å². The fourth-order valence-electron chi connectivity index (χ4n) is 2.52. The SMILES string of the molecule is CCC1C(O)C(O)C(CNC(C)=O)N1C(=O)OC(C)(C)C. The van der Waals surface area contributed by atoms with E-state index < -0.39 is 36.0 Å². The van der Waals surface area contributed by atoms with Gasteiger partial charge >= 0.3 is 6.09 Å². The zero-order chi connectivity index (χ0) is 16.4. The Morgan fingerprint density at radius 1 is 1.19 bits per heavy atom. The van der Waals surface area contributed by atoms with Crippen LogP contribution >= 0.6 is 0 Å². The van der Waals surface area contributed by atoms with Gasteiger partial charge in [-0.1, -0.05) is 6.92 Å². The van der Waals surface area contributed by atoms with Gasteiger partial charge in [0.2, 0.25) is 5.91 Å². The van der Waals surface area contributed by atoms with E-state index in [2.05, 4.69) is 5.32 Å². The van der Waals surface area contributed by atoms with Crippen molar-refractivity contribution >= 4 is 12.0 Å². The summed E-state index contributed by atoms with van der Waals surface area (Å²) < 4.78 is 5.34. The second-order valence-electron chi connectivity index (χ2n) is 6.35. The fourth-order valence-corrected chi connectivity index (χ4v) is 2.52. The number of rotatable bonds is 3. The van der Waals surface area contributed by atoms with E-state index >= 15 is 0 Å². The van der Waals surface area contributed by atoms with E-state index in [9.17, 15) is 19.8 Å². The molecule has 1 aliphatic heterocycles. The molecule has 1 aliphatic rings. The lowest BCUT2D eigenvalue weighted by molar-refractivity contribution is -0.119. The number of likely N-dealkylation sites (tertiary alicyclic amines) is 1. The average Bonchev–Trinajstić information content (AvgIpc) is 2.57. The maximum atomic E-state index is 12.3. The molecule has 1 rings (SSSR count). The molecule has 7 nitrogen and oxygen atoms in total. The van der Waals surface area contributed by atoms with Crippen molar-refractivity contribution in [2.45, 2.75) is 70.9 Å². The van der Waals surface area contributed by atoms with Gasteiger partial charge in [-0.25, -0.2) is 4.79 Å². The normalized spacial score (nSPS) is 29.4. The van der Waals surface area contributed by atoms with Crippen molar-refractivity contribution in [1.82, 2.24) is 10.2 Å². The molecule has 2 amide bonds. The Morgan fingerprint density at radius 3 is 2.14 bits per heavy atom. The molecule has 21 heavy (non-hydrogen) atoms.